The maximum absolute atomic E-state index is 12.4. The van der Waals surface area contributed by atoms with Crippen molar-refractivity contribution in [2.75, 3.05) is 0 Å². The third-order valence-electron chi connectivity index (χ3n) is 4.41. The first-order valence-corrected chi connectivity index (χ1v) is 9.83. The molecule has 0 aliphatic rings. The lowest BCUT2D eigenvalue weighted by Crippen LogP contribution is -2.51. The fourth-order valence-electron chi connectivity index (χ4n) is 2.65. The Morgan fingerprint density at radius 2 is 1.35 bits per heavy atom. The van der Waals surface area contributed by atoms with Crippen molar-refractivity contribution in [3.8, 4) is 0 Å². The zero-order valence-corrected chi connectivity index (χ0v) is 18.5. The minimum atomic E-state index is -1.13. The first kappa shape index (κ1) is 26.1. The topological polar surface area (TPSA) is 108 Å². The van der Waals surface area contributed by atoms with Gasteiger partial charge in [0.2, 0.25) is 5.91 Å². The van der Waals surface area contributed by atoms with Crippen LogP contribution in [0.25, 0.3) is 0 Å². The number of benzene rings is 2. The SMILES string of the molecule is CC(C)[C@H](NC(=O)[C@@H](N)CC(=O)OCc1ccccc1)C(=O)OCc1ccccc1.Cl. The van der Waals surface area contributed by atoms with Crippen molar-refractivity contribution >= 4 is 30.3 Å². The highest BCUT2D eigenvalue weighted by Crippen LogP contribution is 2.09. The van der Waals surface area contributed by atoms with E-state index in [0.29, 0.717) is 0 Å². The van der Waals surface area contributed by atoms with Gasteiger partial charge in [-0.1, -0.05) is 74.5 Å². The zero-order chi connectivity index (χ0) is 21.9. The van der Waals surface area contributed by atoms with Gasteiger partial charge in [-0.3, -0.25) is 9.59 Å². The lowest BCUT2D eigenvalue weighted by Gasteiger charge is -2.22. The number of nitrogens with two attached hydrogens (primary N) is 1. The number of halogens is 1. The van der Waals surface area contributed by atoms with Crippen molar-refractivity contribution in [3.05, 3.63) is 71.8 Å². The third-order valence-corrected chi connectivity index (χ3v) is 4.41. The van der Waals surface area contributed by atoms with Crippen molar-refractivity contribution in [3.63, 3.8) is 0 Å². The van der Waals surface area contributed by atoms with Gasteiger partial charge in [0.1, 0.15) is 19.3 Å². The van der Waals surface area contributed by atoms with Gasteiger partial charge in [0.15, 0.2) is 0 Å². The van der Waals surface area contributed by atoms with Gasteiger partial charge >= 0.3 is 11.9 Å². The number of hydrogen-bond donors (Lipinski definition) is 2. The lowest BCUT2D eigenvalue weighted by molar-refractivity contribution is -0.151. The van der Waals surface area contributed by atoms with Gasteiger partial charge in [-0.25, -0.2) is 4.79 Å². The molecule has 0 heterocycles. The molecule has 0 saturated heterocycles. The average Bonchev–Trinajstić information content (AvgIpc) is 2.75. The fourth-order valence-corrected chi connectivity index (χ4v) is 2.65. The predicted molar refractivity (Wildman–Crippen MR) is 119 cm³/mol. The molecule has 2 aromatic rings. The summed E-state index contributed by atoms with van der Waals surface area (Å²) in [5.74, 6) is -1.97. The zero-order valence-electron chi connectivity index (χ0n) is 17.7. The van der Waals surface area contributed by atoms with Gasteiger partial charge in [-0.05, 0) is 17.0 Å². The minimum Gasteiger partial charge on any atom is -0.461 e. The lowest BCUT2D eigenvalue weighted by atomic mass is 10.0. The van der Waals surface area contributed by atoms with Crippen LogP contribution in [0.2, 0.25) is 0 Å². The molecule has 0 aliphatic heterocycles. The standard InChI is InChI=1S/C23H28N2O5.ClH/c1-16(2)21(23(28)30-15-18-11-7-4-8-12-18)25-22(27)19(24)13-20(26)29-14-17-9-5-3-6-10-17;/h3-12,16,19,21H,13-15,24H2,1-2H3,(H,25,27);1H/t19-,21-;/m0./s1. The van der Waals surface area contributed by atoms with Crippen LogP contribution < -0.4 is 11.1 Å². The number of nitrogens with one attached hydrogen (secondary N) is 1. The molecular weight excluding hydrogens is 420 g/mol. The Hall–Kier alpha value is -2.90. The number of rotatable bonds is 10. The molecule has 0 fully saturated rings. The fraction of sp³-hybridized carbons (Fsp3) is 0.348. The van der Waals surface area contributed by atoms with Crippen LogP contribution in [0.1, 0.15) is 31.4 Å². The summed E-state index contributed by atoms with van der Waals surface area (Å²) >= 11 is 0. The Kier molecular flexibility index (Phi) is 11.3. The van der Waals surface area contributed by atoms with Gasteiger partial charge < -0.3 is 20.5 Å². The molecule has 3 N–H and O–H groups in total. The van der Waals surface area contributed by atoms with Crippen LogP contribution in [0.3, 0.4) is 0 Å². The van der Waals surface area contributed by atoms with Gasteiger partial charge in [0, 0.05) is 0 Å². The van der Waals surface area contributed by atoms with E-state index in [9.17, 15) is 14.4 Å². The Bertz CT molecular complexity index is 830. The second-order valence-corrected chi connectivity index (χ2v) is 7.28. The highest BCUT2D eigenvalue weighted by Gasteiger charge is 2.28. The van der Waals surface area contributed by atoms with Crippen molar-refractivity contribution in [2.24, 2.45) is 11.7 Å². The Balaban J connectivity index is 0.00000480. The van der Waals surface area contributed by atoms with E-state index in [4.69, 9.17) is 15.2 Å². The summed E-state index contributed by atoms with van der Waals surface area (Å²) in [7, 11) is 0. The molecule has 0 spiro atoms. The summed E-state index contributed by atoms with van der Waals surface area (Å²) < 4.78 is 10.5. The second kappa shape index (κ2) is 13.4. The summed E-state index contributed by atoms with van der Waals surface area (Å²) in [6.45, 7) is 3.79. The Labute approximate surface area is 188 Å². The minimum absolute atomic E-state index is 0. The average molecular weight is 449 g/mol. The summed E-state index contributed by atoms with van der Waals surface area (Å²) in [6, 6.07) is 16.4. The molecule has 2 rings (SSSR count). The monoisotopic (exact) mass is 448 g/mol. The first-order valence-electron chi connectivity index (χ1n) is 9.83. The number of carbonyl (C=O) groups is 3. The summed E-state index contributed by atoms with van der Waals surface area (Å²) in [5.41, 5.74) is 7.52. The highest BCUT2D eigenvalue weighted by atomic mass is 35.5. The summed E-state index contributed by atoms with van der Waals surface area (Å²) in [4.78, 5) is 36.8. The number of amides is 1. The van der Waals surface area contributed by atoms with Crippen molar-refractivity contribution in [2.45, 2.75) is 45.6 Å². The van der Waals surface area contributed by atoms with Crippen LogP contribution in [0.4, 0.5) is 0 Å². The van der Waals surface area contributed by atoms with Gasteiger partial charge in [0.25, 0.3) is 0 Å². The quantitative estimate of drug-likeness (QED) is 0.541. The molecule has 0 saturated carbocycles. The predicted octanol–water partition coefficient (Wildman–Crippen LogP) is 2.75. The molecule has 2 aromatic carbocycles. The van der Waals surface area contributed by atoms with Crippen molar-refractivity contribution in [1.82, 2.24) is 5.32 Å². The van der Waals surface area contributed by atoms with Crippen LogP contribution in [0, 0.1) is 5.92 Å². The molecule has 0 aromatic heterocycles. The highest BCUT2D eigenvalue weighted by molar-refractivity contribution is 5.90. The van der Waals surface area contributed by atoms with E-state index in [-0.39, 0.29) is 38.0 Å². The molecule has 8 heteroatoms. The Morgan fingerprint density at radius 3 is 1.84 bits per heavy atom. The van der Waals surface area contributed by atoms with E-state index < -0.39 is 29.9 Å². The van der Waals surface area contributed by atoms with Crippen LogP contribution >= 0.6 is 12.4 Å². The number of carbonyl (C=O) groups excluding carboxylic acids is 3. The summed E-state index contributed by atoms with van der Waals surface area (Å²) in [6.07, 6.45) is -0.289. The Morgan fingerprint density at radius 1 is 0.871 bits per heavy atom. The van der Waals surface area contributed by atoms with E-state index in [1.54, 1.807) is 13.8 Å². The van der Waals surface area contributed by atoms with Gasteiger partial charge in [0.05, 0.1) is 12.5 Å². The molecule has 168 valence electrons. The van der Waals surface area contributed by atoms with E-state index in [2.05, 4.69) is 5.32 Å². The number of ether oxygens (including phenoxy) is 2. The van der Waals surface area contributed by atoms with Crippen LogP contribution in [0.15, 0.2) is 60.7 Å². The van der Waals surface area contributed by atoms with Gasteiger partial charge in [-0.2, -0.15) is 0 Å². The second-order valence-electron chi connectivity index (χ2n) is 7.28. The van der Waals surface area contributed by atoms with E-state index >= 15 is 0 Å². The summed E-state index contributed by atoms with van der Waals surface area (Å²) in [5, 5.41) is 2.59. The third kappa shape index (κ3) is 9.19. The first-order chi connectivity index (χ1) is 14.4. The van der Waals surface area contributed by atoms with E-state index in [1.165, 1.54) is 0 Å². The largest absolute Gasteiger partial charge is 0.461 e. The number of hydrogen-bond acceptors (Lipinski definition) is 6. The maximum atomic E-state index is 12.4. The van der Waals surface area contributed by atoms with Crippen molar-refractivity contribution in [1.29, 1.82) is 0 Å². The maximum Gasteiger partial charge on any atom is 0.329 e. The molecule has 1 amide bonds. The van der Waals surface area contributed by atoms with E-state index in [1.807, 2.05) is 60.7 Å². The molecule has 31 heavy (non-hydrogen) atoms. The number of esters is 2. The molecule has 0 bridgehead atoms. The smallest absolute Gasteiger partial charge is 0.329 e. The van der Waals surface area contributed by atoms with Crippen molar-refractivity contribution < 1.29 is 23.9 Å². The normalized spacial score (nSPS) is 12.3. The molecule has 7 nitrogen and oxygen atoms in total. The van der Waals surface area contributed by atoms with Crippen LogP contribution in [-0.4, -0.2) is 29.9 Å². The van der Waals surface area contributed by atoms with Crippen LogP contribution in [-0.2, 0) is 37.1 Å². The molecule has 0 radical (unpaired) electrons. The molecule has 2 atom stereocenters. The van der Waals surface area contributed by atoms with Gasteiger partial charge in [-0.15, -0.1) is 12.4 Å². The molecular formula is C23H29ClN2O5. The molecule has 0 aliphatic carbocycles. The molecule has 0 unspecified atom stereocenters. The van der Waals surface area contributed by atoms with Crippen LogP contribution in [0.5, 0.6) is 0 Å². The van der Waals surface area contributed by atoms with E-state index in [0.717, 1.165) is 11.1 Å².